The Labute approximate surface area is 163 Å². The number of nitrogens with zero attached hydrogens (tertiary/aromatic N) is 6. The third kappa shape index (κ3) is 3.90. The Hall–Kier alpha value is -2.78. The molecule has 0 spiro atoms. The average molecular weight is 383 g/mol. The highest BCUT2D eigenvalue weighted by atomic mass is 16.5. The van der Waals surface area contributed by atoms with Crippen molar-refractivity contribution in [2.45, 2.75) is 19.9 Å². The minimum atomic E-state index is 0.0841. The first-order valence-electron chi connectivity index (χ1n) is 9.42. The van der Waals surface area contributed by atoms with E-state index in [-0.39, 0.29) is 6.04 Å². The van der Waals surface area contributed by atoms with Gasteiger partial charge in [0.15, 0.2) is 5.82 Å². The van der Waals surface area contributed by atoms with Gasteiger partial charge in [-0.05, 0) is 31.5 Å². The van der Waals surface area contributed by atoms with Crippen molar-refractivity contribution in [1.29, 1.82) is 0 Å². The maximum Gasteiger partial charge on any atom is 0.223 e. The maximum absolute atomic E-state index is 5.92. The number of rotatable bonds is 6. The molecule has 4 heterocycles. The molecule has 1 N–H and O–H groups in total. The summed E-state index contributed by atoms with van der Waals surface area (Å²) >= 11 is 0. The van der Waals surface area contributed by atoms with Crippen LogP contribution in [0, 0.1) is 13.8 Å². The molecule has 0 amide bonds. The van der Waals surface area contributed by atoms with Crippen molar-refractivity contribution in [3.63, 3.8) is 0 Å². The van der Waals surface area contributed by atoms with Crippen molar-refractivity contribution in [3.8, 4) is 11.5 Å². The Kier molecular flexibility index (Phi) is 5.36. The normalized spacial score (nSPS) is 16.2. The van der Waals surface area contributed by atoms with Gasteiger partial charge in [0, 0.05) is 32.9 Å². The Morgan fingerprint density at radius 2 is 2.00 bits per heavy atom. The molecule has 0 unspecified atom stereocenters. The van der Waals surface area contributed by atoms with Crippen LogP contribution >= 0.6 is 0 Å². The van der Waals surface area contributed by atoms with Gasteiger partial charge in [-0.15, -0.1) is 0 Å². The minimum absolute atomic E-state index is 0.0841. The first-order valence-corrected chi connectivity index (χ1v) is 9.42. The fourth-order valence-electron chi connectivity index (χ4n) is 3.38. The topological polar surface area (TPSA) is 94.1 Å². The highest BCUT2D eigenvalue weighted by Crippen LogP contribution is 2.25. The van der Waals surface area contributed by atoms with E-state index in [2.05, 4.69) is 30.3 Å². The fraction of sp³-hybridized carbons (Fsp3) is 0.474. The molecule has 1 aliphatic rings. The van der Waals surface area contributed by atoms with E-state index in [1.54, 1.807) is 10.9 Å². The SMILES string of the molecule is Cc1ccc([C@H](CNc2ncc(C)c(-c3ncnn3C)n2)N2CCOCC2)o1. The first kappa shape index (κ1) is 18.6. The smallest absolute Gasteiger partial charge is 0.223 e. The van der Waals surface area contributed by atoms with Crippen molar-refractivity contribution in [1.82, 2.24) is 29.6 Å². The third-order valence-electron chi connectivity index (χ3n) is 4.92. The molecule has 9 nitrogen and oxygen atoms in total. The monoisotopic (exact) mass is 383 g/mol. The number of hydrogen-bond acceptors (Lipinski definition) is 8. The summed E-state index contributed by atoms with van der Waals surface area (Å²) in [4.78, 5) is 15.8. The molecule has 0 radical (unpaired) electrons. The van der Waals surface area contributed by atoms with Gasteiger partial charge in [-0.1, -0.05) is 0 Å². The number of ether oxygens (including phenoxy) is 1. The zero-order valence-electron chi connectivity index (χ0n) is 16.4. The van der Waals surface area contributed by atoms with Crippen LogP contribution in [0.5, 0.6) is 0 Å². The number of aryl methyl sites for hydroxylation is 3. The number of furan rings is 1. The molecule has 9 heteroatoms. The molecular formula is C19H25N7O2. The van der Waals surface area contributed by atoms with Crippen molar-refractivity contribution in [2.24, 2.45) is 7.05 Å². The molecule has 3 aromatic rings. The van der Waals surface area contributed by atoms with Gasteiger partial charge in [0.25, 0.3) is 0 Å². The second-order valence-corrected chi connectivity index (χ2v) is 6.93. The molecule has 28 heavy (non-hydrogen) atoms. The molecule has 1 fully saturated rings. The summed E-state index contributed by atoms with van der Waals surface area (Å²) in [5, 5.41) is 7.51. The molecule has 0 aromatic carbocycles. The van der Waals surface area contributed by atoms with Crippen molar-refractivity contribution in [2.75, 3.05) is 38.2 Å². The van der Waals surface area contributed by atoms with Crippen molar-refractivity contribution in [3.05, 3.63) is 41.7 Å². The summed E-state index contributed by atoms with van der Waals surface area (Å²) in [5.74, 6) is 3.12. The van der Waals surface area contributed by atoms with Crippen LogP contribution in [-0.4, -0.2) is 62.5 Å². The van der Waals surface area contributed by atoms with Gasteiger partial charge in [-0.2, -0.15) is 5.10 Å². The maximum atomic E-state index is 5.92. The zero-order valence-corrected chi connectivity index (χ0v) is 16.4. The molecular weight excluding hydrogens is 358 g/mol. The summed E-state index contributed by atoms with van der Waals surface area (Å²) < 4.78 is 13.1. The number of anilines is 1. The minimum Gasteiger partial charge on any atom is -0.465 e. The first-order chi connectivity index (χ1) is 13.6. The van der Waals surface area contributed by atoms with E-state index in [0.29, 0.717) is 18.3 Å². The van der Waals surface area contributed by atoms with Gasteiger partial charge in [0.1, 0.15) is 23.5 Å². The van der Waals surface area contributed by atoms with Crippen LogP contribution in [0.4, 0.5) is 5.95 Å². The van der Waals surface area contributed by atoms with Crippen LogP contribution in [0.25, 0.3) is 11.5 Å². The Bertz CT molecular complexity index is 930. The molecule has 0 saturated carbocycles. The van der Waals surface area contributed by atoms with E-state index in [4.69, 9.17) is 9.15 Å². The molecule has 0 aliphatic carbocycles. The Balaban J connectivity index is 1.54. The van der Waals surface area contributed by atoms with Crippen LogP contribution in [0.3, 0.4) is 0 Å². The molecule has 148 valence electrons. The lowest BCUT2D eigenvalue weighted by Crippen LogP contribution is -2.41. The lowest BCUT2D eigenvalue weighted by Gasteiger charge is -2.33. The van der Waals surface area contributed by atoms with Gasteiger partial charge in [0.2, 0.25) is 5.95 Å². The van der Waals surface area contributed by atoms with Gasteiger partial charge >= 0.3 is 0 Å². The highest BCUT2D eigenvalue weighted by Gasteiger charge is 2.25. The van der Waals surface area contributed by atoms with Gasteiger partial charge in [0.05, 0.1) is 19.3 Å². The summed E-state index contributed by atoms with van der Waals surface area (Å²) in [6, 6.07) is 4.12. The third-order valence-corrected chi connectivity index (χ3v) is 4.92. The van der Waals surface area contributed by atoms with E-state index in [9.17, 15) is 0 Å². The molecule has 0 bridgehead atoms. The van der Waals surface area contributed by atoms with Crippen LogP contribution in [0.2, 0.25) is 0 Å². The lowest BCUT2D eigenvalue weighted by molar-refractivity contribution is 0.0143. The van der Waals surface area contributed by atoms with E-state index in [1.165, 1.54) is 6.33 Å². The van der Waals surface area contributed by atoms with E-state index >= 15 is 0 Å². The largest absolute Gasteiger partial charge is 0.465 e. The standard InChI is InChI=1S/C19H25N7O2/c1-13-10-20-19(24-17(13)18-22-12-23-25(18)3)21-11-15(16-5-4-14(2)28-16)26-6-8-27-9-7-26/h4-5,10,12,15H,6-9,11H2,1-3H3,(H,20,21,24)/t15-/m0/s1. The highest BCUT2D eigenvalue weighted by molar-refractivity contribution is 5.55. The van der Waals surface area contributed by atoms with Crippen LogP contribution < -0.4 is 5.32 Å². The predicted octanol–water partition coefficient (Wildman–Crippen LogP) is 1.97. The van der Waals surface area contributed by atoms with Gasteiger partial charge < -0.3 is 14.5 Å². The second kappa shape index (κ2) is 8.07. The molecule has 1 aliphatic heterocycles. The van der Waals surface area contributed by atoms with E-state index < -0.39 is 0 Å². The quantitative estimate of drug-likeness (QED) is 0.690. The summed E-state index contributed by atoms with van der Waals surface area (Å²) in [5.41, 5.74) is 1.72. The number of hydrogen-bond donors (Lipinski definition) is 1. The van der Waals surface area contributed by atoms with Gasteiger partial charge in [-0.3, -0.25) is 4.90 Å². The second-order valence-electron chi connectivity index (χ2n) is 6.93. The van der Waals surface area contributed by atoms with Gasteiger partial charge in [-0.25, -0.2) is 19.6 Å². The Morgan fingerprint density at radius 3 is 2.68 bits per heavy atom. The van der Waals surface area contributed by atoms with Crippen LogP contribution in [0.1, 0.15) is 23.1 Å². The Morgan fingerprint density at radius 1 is 1.18 bits per heavy atom. The summed E-state index contributed by atoms with van der Waals surface area (Å²) in [6.45, 7) is 7.75. The summed E-state index contributed by atoms with van der Waals surface area (Å²) in [6.07, 6.45) is 3.33. The van der Waals surface area contributed by atoms with E-state index in [1.807, 2.05) is 33.0 Å². The van der Waals surface area contributed by atoms with Crippen molar-refractivity contribution >= 4 is 5.95 Å². The van der Waals surface area contributed by atoms with E-state index in [0.717, 1.165) is 49.1 Å². The molecule has 3 aromatic heterocycles. The number of aromatic nitrogens is 5. The average Bonchev–Trinajstić information content (AvgIpc) is 3.32. The van der Waals surface area contributed by atoms with Crippen LogP contribution in [-0.2, 0) is 11.8 Å². The molecule has 1 saturated heterocycles. The summed E-state index contributed by atoms with van der Waals surface area (Å²) in [7, 11) is 1.85. The van der Waals surface area contributed by atoms with Crippen molar-refractivity contribution < 1.29 is 9.15 Å². The number of nitrogens with one attached hydrogen (secondary N) is 1. The molecule has 1 atom stereocenters. The van der Waals surface area contributed by atoms with Crippen LogP contribution in [0.15, 0.2) is 29.1 Å². The number of morpholine rings is 1. The lowest BCUT2D eigenvalue weighted by atomic mass is 10.1. The molecule has 4 rings (SSSR count). The fourth-order valence-corrected chi connectivity index (χ4v) is 3.38. The zero-order chi connectivity index (χ0) is 19.5. The predicted molar refractivity (Wildman–Crippen MR) is 104 cm³/mol.